The number of rotatable bonds is 3. The third kappa shape index (κ3) is 6.53. The summed E-state index contributed by atoms with van der Waals surface area (Å²) in [6.45, 7) is 28.2. The zero-order chi connectivity index (χ0) is 53.7. The van der Waals surface area contributed by atoms with Crippen molar-refractivity contribution in [2.75, 3.05) is 4.90 Å². The molecule has 2 aliphatic rings. The highest BCUT2D eigenvalue weighted by Gasteiger charge is 2.44. The van der Waals surface area contributed by atoms with Crippen molar-refractivity contribution in [1.29, 1.82) is 0 Å². The molecule has 0 bridgehead atoms. The summed E-state index contributed by atoms with van der Waals surface area (Å²) < 4.78 is 5.47. The Balaban J connectivity index is 1.20. The van der Waals surface area contributed by atoms with Crippen LogP contribution in [0.3, 0.4) is 0 Å². The first-order valence-corrected chi connectivity index (χ1v) is 28.3. The topological polar surface area (TPSA) is 13.1 Å². The predicted molar refractivity (Wildman–Crippen MR) is 339 cm³/mol. The van der Waals surface area contributed by atoms with Crippen LogP contribution in [0.1, 0.15) is 105 Å². The number of anilines is 3. The highest BCUT2D eigenvalue weighted by Crippen LogP contribution is 2.50. The van der Waals surface area contributed by atoms with Gasteiger partial charge < -0.3 is 14.0 Å². The van der Waals surface area contributed by atoms with Gasteiger partial charge in [0, 0.05) is 66.1 Å². The Morgan fingerprint density at radius 2 is 0.615 bits per heavy atom. The third-order valence-corrected chi connectivity index (χ3v) is 18.0. The normalized spacial score (nSPS) is 13.6. The standard InChI is InChI=1S/C74H66BN3/c1-71(2,3)43-29-33-47(34-30-43)76(48-35-31-44(32-36-48)72(4,5)6)49-41-62-66-63(42-49)78-68-59(65-55-26-18-14-22-51(55)53-24-16-20-28-57(53)70(65)78)38-46(74(10,11)12)40-61(68)75(66)60-39-45(73(7,8)9)37-58-64-54-25-17-13-21-50(54)52-23-15-19-27-56(52)69(64)77(62)67(58)60/h13-42H,1-12H3. The summed E-state index contributed by atoms with van der Waals surface area (Å²) in [4.78, 5) is 2.54. The molecule has 0 saturated carbocycles. The summed E-state index contributed by atoms with van der Waals surface area (Å²) in [6, 6.07) is 71.0. The van der Waals surface area contributed by atoms with Crippen LogP contribution in [0.2, 0.25) is 0 Å². The molecule has 0 fully saturated rings. The van der Waals surface area contributed by atoms with Gasteiger partial charge in [-0.05, 0) is 141 Å². The molecule has 2 aromatic heterocycles. The fraction of sp³-hybridized carbons (Fsp3) is 0.216. The number of fused-ring (bicyclic) bond motifs is 20. The van der Waals surface area contributed by atoms with E-state index in [-0.39, 0.29) is 28.4 Å². The van der Waals surface area contributed by atoms with E-state index in [4.69, 9.17) is 0 Å². The molecule has 0 atom stereocenters. The molecular formula is C74H66BN3. The van der Waals surface area contributed by atoms with Crippen LogP contribution in [0, 0.1) is 0 Å². The zero-order valence-electron chi connectivity index (χ0n) is 47.2. The quantitative estimate of drug-likeness (QED) is 0.127. The SMILES string of the molecule is CC(C)(C)c1ccc(N(c2ccc(C(C)(C)C)cc2)c2cc3c4c(c2)-n2c5c(cc(C(C)(C)C)cc5c5c6ccccc6c6ccccc6c52)B4c2cc(C(C)(C)C)cc4c5c6ccccc6c6ccccc6c5n-3c24)cc1. The molecule has 13 aromatic rings. The fourth-order valence-electron chi connectivity index (χ4n) is 14.0. The predicted octanol–water partition coefficient (Wildman–Crippen LogP) is 18.3. The van der Waals surface area contributed by atoms with Crippen molar-refractivity contribution in [2.45, 2.75) is 105 Å². The van der Waals surface area contributed by atoms with Crippen molar-refractivity contribution < 1.29 is 0 Å². The maximum atomic E-state index is 2.73. The molecule has 0 aliphatic carbocycles. The largest absolute Gasteiger partial charge is 0.310 e. The van der Waals surface area contributed by atoms with Crippen LogP contribution in [0.4, 0.5) is 17.1 Å². The van der Waals surface area contributed by atoms with Crippen LogP contribution < -0.4 is 21.3 Å². The molecular weight excluding hydrogens is 942 g/mol. The van der Waals surface area contributed by atoms with Crippen LogP contribution in [-0.4, -0.2) is 15.8 Å². The molecule has 0 amide bonds. The molecule has 0 spiro atoms. The van der Waals surface area contributed by atoms with E-state index in [1.807, 2.05) is 0 Å². The summed E-state index contributed by atoms with van der Waals surface area (Å²) in [5.74, 6) is 0. The molecule has 0 unspecified atom stereocenters. The van der Waals surface area contributed by atoms with E-state index in [0.717, 1.165) is 17.1 Å². The first-order valence-electron chi connectivity index (χ1n) is 28.3. The number of benzene rings is 11. The molecule has 78 heavy (non-hydrogen) atoms. The van der Waals surface area contributed by atoms with E-state index in [2.05, 4.69) is 279 Å². The monoisotopic (exact) mass is 1010 g/mol. The Morgan fingerprint density at radius 3 is 0.962 bits per heavy atom. The lowest BCUT2D eigenvalue weighted by molar-refractivity contribution is 0.590. The van der Waals surface area contributed by atoms with Gasteiger partial charge in [0.1, 0.15) is 0 Å². The highest BCUT2D eigenvalue weighted by atomic mass is 15.2. The summed E-state index contributed by atoms with van der Waals surface area (Å²) in [5, 5.41) is 15.6. The van der Waals surface area contributed by atoms with Gasteiger partial charge in [-0.25, -0.2) is 0 Å². The van der Waals surface area contributed by atoms with Crippen LogP contribution >= 0.6 is 0 Å². The van der Waals surface area contributed by atoms with Gasteiger partial charge in [-0.3, -0.25) is 0 Å². The molecule has 3 nitrogen and oxygen atoms in total. The Hall–Kier alpha value is -8.08. The molecule has 0 radical (unpaired) electrons. The van der Waals surface area contributed by atoms with Gasteiger partial charge in [-0.2, -0.15) is 0 Å². The molecule has 0 N–H and O–H groups in total. The van der Waals surface area contributed by atoms with E-state index in [1.165, 1.54) is 137 Å². The smallest absolute Gasteiger partial charge is 0.252 e. The van der Waals surface area contributed by atoms with Gasteiger partial charge in [-0.15, -0.1) is 0 Å². The second kappa shape index (κ2) is 15.8. The summed E-state index contributed by atoms with van der Waals surface area (Å²) >= 11 is 0. The van der Waals surface area contributed by atoms with Crippen LogP contribution in [0.25, 0.3) is 98.1 Å². The van der Waals surface area contributed by atoms with Crippen LogP contribution in [0.5, 0.6) is 0 Å². The average molecular weight is 1010 g/mol. The molecule has 380 valence electrons. The zero-order valence-corrected chi connectivity index (χ0v) is 47.2. The molecule has 0 saturated heterocycles. The molecule has 11 aromatic carbocycles. The number of hydrogen-bond acceptors (Lipinski definition) is 1. The van der Waals surface area contributed by atoms with Gasteiger partial charge in [-0.1, -0.05) is 217 Å². The van der Waals surface area contributed by atoms with Gasteiger partial charge in [0.15, 0.2) is 0 Å². The summed E-state index contributed by atoms with van der Waals surface area (Å²) in [6.07, 6.45) is 0. The Bertz CT molecular complexity index is 4450. The molecule has 2 aliphatic heterocycles. The second-order valence-electron chi connectivity index (χ2n) is 27.0. The van der Waals surface area contributed by atoms with Crippen molar-refractivity contribution in [2.24, 2.45) is 0 Å². The Kier molecular flexibility index (Phi) is 9.55. The van der Waals surface area contributed by atoms with E-state index < -0.39 is 0 Å². The van der Waals surface area contributed by atoms with E-state index >= 15 is 0 Å². The minimum absolute atomic E-state index is 0.00477. The molecule has 4 heterocycles. The third-order valence-electron chi connectivity index (χ3n) is 18.0. The number of hydrogen-bond donors (Lipinski definition) is 0. The van der Waals surface area contributed by atoms with E-state index in [9.17, 15) is 0 Å². The first kappa shape index (κ1) is 47.2. The van der Waals surface area contributed by atoms with Crippen molar-refractivity contribution in [3.63, 3.8) is 0 Å². The minimum Gasteiger partial charge on any atom is -0.310 e. The maximum Gasteiger partial charge on any atom is 0.252 e. The van der Waals surface area contributed by atoms with Crippen molar-refractivity contribution in [3.05, 3.63) is 204 Å². The first-order chi connectivity index (χ1) is 37.3. The lowest BCUT2D eigenvalue weighted by Gasteiger charge is -2.37. The van der Waals surface area contributed by atoms with Gasteiger partial charge >= 0.3 is 0 Å². The highest BCUT2D eigenvalue weighted by molar-refractivity contribution is 7.00. The summed E-state index contributed by atoms with van der Waals surface area (Å²) in [7, 11) is 0. The maximum absolute atomic E-state index is 2.73. The van der Waals surface area contributed by atoms with Gasteiger partial charge in [0.05, 0.1) is 16.7 Å². The fourth-order valence-corrected chi connectivity index (χ4v) is 14.0. The molecule has 15 rings (SSSR count). The Morgan fingerprint density at radius 1 is 0.295 bits per heavy atom. The Labute approximate surface area is 458 Å². The lowest BCUT2D eigenvalue weighted by Crippen LogP contribution is -2.59. The van der Waals surface area contributed by atoms with Crippen LogP contribution in [0.15, 0.2) is 182 Å². The number of nitrogens with zero attached hydrogens (tertiary/aromatic N) is 3. The van der Waals surface area contributed by atoms with E-state index in [0.29, 0.717) is 0 Å². The van der Waals surface area contributed by atoms with Crippen LogP contribution in [-0.2, 0) is 21.7 Å². The average Bonchev–Trinajstić information content (AvgIpc) is 2.56. The summed E-state index contributed by atoms with van der Waals surface area (Å²) in [5.41, 5.74) is 20.3. The molecule has 4 heteroatoms. The van der Waals surface area contributed by atoms with Gasteiger partial charge in [0.25, 0.3) is 6.71 Å². The van der Waals surface area contributed by atoms with E-state index in [1.54, 1.807) is 0 Å². The van der Waals surface area contributed by atoms with Crippen molar-refractivity contribution in [1.82, 2.24) is 9.13 Å². The second-order valence-corrected chi connectivity index (χ2v) is 27.0. The van der Waals surface area contributed by atoms with Crippen molar-refractivity contribution >= 4 is 127 Å². The number of aromatic nitrogens is 2. The van der Waals surface area contributed by atoms with Gasteiger partial charge in [0.2, 0.25) is 0 Å². The lowest BCUT2D eigenvalue weighted by atomic mass is 9.34. The van der Waals surface area contributed by atoms with Crippen molar-refractivity contribution in [3.8, 4) is 11.4 Å². The minimum atomic E-state index is -0.117.